The van der Waals surface area contributed by atoms with Crippen LogP contribution in [0.25, 0.3) is 0 Å². The predicted molar refractivity (Wildman–Crippen MR) is 86.1 cm³/mol. The fraction of sp³-hybridized carbons (Fsp3) is 0.333. The van der Waals surface area contributed by atoms with Crippen LogP contribution in [0, 0.1) is 20.8 Å². The van der Waals surface area contributed by atoms with Crippen LogP contribution in [0.2, 0.25) is 0 Å². The summed E-state index contributed by atoms with van der Waals surface area (Å²) < 4.78 is 6.15. The number of fused-ring (bicyclic) bond motifs is 1. The molecule has 0 saturated carbocycles. The molecule has 1 aliphatic rings. The van der Waals surface area contributed by atoms with Gasteiger partial charge in [0.2, 0.25) is 0 Å². The van der Waals surface area contributed by atoms with Gasteiger partial charge in [-0.1, -0.05) is 35.9 Å². The number of hydrogen-bond acceptors (Lipinski definition) is 2. The Bertz CT molecular complexity index is 610. The standard InChI is InChI=1S/C18H20OS/c1-12-8-13(2)18(14(3)9-12)19-10-15-11-20-17-7-5-4-6-16(15)17/h4-9,15H,10-11H2,1-3H3. The molecule has 3 rings (SSSR count). The SMILES string of the molecule is Cc1cc(C)c(OCC2CSc3ccccc32)c(C)c1. The fourth-order valence-electron chi connectivity index (χ4n) is 2.95. The topological polar surface area (TPSA) is 9.23 Å². The normalized spacial score (nSPS) is 17.1. The van der Waals surface area contributed by atoms with Crippen molar-refractivity contribution in [1.82, 2.24) is 0 Å². The molecule has 0 fully saturated rings. The predicted octanol–water partition coefficient (Wildman–Crippen LogP) is 4.88. The molecular weight excluding hydrogens is 264 g/mol. The number of benzene rings is 2. The summed E-state index contributed by atoms with van der Waals surface area (Å²) in [5.41, 5.74) is 5.22. The van der Waals surface area contributed by atoms with Gasteiger partial charge < -0.3 is 4.74 Å². The van der Waals surface area contributed by atoms with Crippen molar-refractivity contribution in [2.24, 2.45) is 0 Å². The minimum absolute atomic E-state index is 0.510. The minimum atomic E-state index is 0.510. The van der Waals surface area contributed by atoms with Crippen molar-refractivity contribution in [3.05, 3.63) is 58.7 Å². The first-order valence-corrected chi connectivity index (χ1v) is 8.06. The van der Waals surface area contributed by atoms with Crippen molar-refractivity contribution in [3.8, 4) is 5.75 Å². The zero-order chi connectivity index (χ0) is 14.1. The van der Waals surface area contributed by atoms with Crippen molar-refractivity contribution in [1.29, 1.82) is 0 Å². The van der Waals surface area contributed by atoms with Gasteiger partial charge in [0, 0.05) is 16.6 Å². The smallest absolute Gasteiger partial charge is 0.125 e. The molecule has 2 heteroatoms. The van der Waals surface area contributed by atoms with Gasteiger partial charge in [-0.3, -0.25) is 0 Å². The molecule has 0 aromatic heterocycles. The number of ether oxygens (including phenoxy) is 1. The maximum atomic E-state index is 6.15. The summed E-state index contributed by atoms with van der Waals surface area (Å²) >= 11 is 1.94. The van der Waals surface area contributed by atoms with Gasteiger partial charge in [0.1, 0.15) is 5.75 Å². The Morgan fingerprint density at radius 2 is 1.80 bits per heavy atom. The molecule has 0 aliphatic carbocycles. The van der Waals surface area contributed by atoms with Crippen LogP contribution in [-0.4, -0.2) is 12.4 Å². The second-order valence-electron chi connectivity index (χ2n) is 5.58. The number of thioether (sulfide) groups is 1. The average Bonchev–Trinajstić information content (AvgIpc) is 2.81. The van der Waals surface area contributed by atoms with Gasteiger partial charge in [0.15, 0.2) is 0 Å². The molecule has 20 heavy (non-hydrogen) atoms. The second-order valence-corrected chi connectivity index (χ2v) is 6.65. The third-order valence-corrected chi connectivity index (χ3v) is 5.08. The number of aryl methyl sites for hydroxylation is 3. The number of hydrogen-bond donors (Lipinski definition) is 0. The first kappa shape index (κ1) is 13.6. The van der Waals surface area contributed by atoms with Gasteiger partial charge in [-0.25, -0.2) is 0 Å². The van der Waals surface area contributed by atoms with E-state index in [9.17, 15) is 0 Å². The van der Waals surface area contributed by atoms with E-state index in [1.807, 2.05) is 11.8 Å². The molecule has 1 atom stereocenters. The Kier molecular flexibility index (Phi) is 3.75. The maximum Gasteiger partial charge on any atom is 0.125 e. The largest absolute Gasteiger partial charge is 0.492 e. The third kappa shape index (κ3) is 2.57. The van der Waals surface area contributed by atoms with E-state index in [1.54, 1.807) is 0 Å². The summed E-state index contributed by atoms with van der Waals surface area (Å²) in [6.07, 6.45) is 0. The molecular formula is C18H20OS. The van der Waals surface area contributed by atoms with Gasteiger partial charge in [0.25, 0.3) is 0 Å². The molecule has 2 aromatic carbocycles. The molecule has 0 N–H and O–H groups in total. The molecule has 1 heterocycles. The van der Waals surface area contributed by atoms with Gasteiger partial charge in [-0.15, -0.1) is 11.8 Å². The van der Waals surface area contributed by atoms with Crippen molar-refractivity contribution < 1.29 is 4.74 Å². The molecule has 104 valence electrons. The Labute approximate surface area is 125 Å². The minimum Gasteiger partial charge on any atom is -0.492 e. The average molecular weight is 284 g/mol. The summed E-state index contributed by atoms with van der Waals surface area (Å²) in [5, 5.41) is 0. The van der Waals surface area contributed by atoms with Crippen LogP contribution in [0.4, 0.5) is 0 Å². The lowest BCUT2D eigenvalue weighted by Gasteiger charge is -2.16. The zero-order valence-corrected chi connectivity index (χ0v) is 13.1. The van der Waals surface area contributed by atoms with Gasteiger partial charge >= 0.3 is 0 Å². The van der Waals surface area contributed by atoms with Crippen LogP contribution in [0.3, 0.4) is 0 Å². The van der Waals surface area contributed by atoms with E-state index in [0.717, 1.165) is 18.1 Å². The molecule has 0 saturated heterocycles. The Morgan fingerprint density at radius 3 is 2.55 bits per heavy atom. The van der Waals surface area contributed by atoms with E-state index in [4.69, 9.17) is 4.74 Å². The monoisotopic (exact) mass is 284 g/mol. The highest BCUT2D eigenvalue weighted by molar-refractivity contribution is 7.99. The molecule has 1 aliphatic heterocycles. The molecule has 0 amide bonds. The van der Waals surface area contributed by atoms with Crippen LogP contribution in [0.1, 0.15) is 28.2 Å². The molecule has 1 unspecified atom stereocenters. The highest BCUT2D eigenvalue weighted by atomic mass is 32.2. The molecule has 0 bridgehead atoms. The fourth-order valence-corrected chi connectivity index (χ4v) is 4.18. The molecule has 2 aromatic rings. The Balaban J connectivity index is 1.76. The van der Waals surface area contributed by atoms with Gasteiger partial charge in [-0.05, 0) is 43.5 Å². The zero-order valence-electron chi connectivity index (χ0n) is 12.3. The highest BCUT2D eigenvalue weighted by Gasteiger charge is 2.23. The molecule has 1 nitrogen and oxygen atoms in total. The van der Waals surface area contributed by atoms with Crippen LogP contribution in [-0.2, 0) is 0 Å². The van der Waals surface area contributed by atoms with Crippen molar-refractivity contribution >= 4 is 11.8 Å². The van der Waals surface area contributed by atoms with E-state index < -0.39 is 0 Å². The van der Waals surface area contributed by atoms with Crippen LogP contribution < -0.4 is 4.74 Å². The Hall–Kier alpha value is -1.41. The van der Waals surface area contributed by atoms with E-state index in [-0.39, 0.29) is 0 Å². The molecule has 0 radical (unpaired) electrons. The van der Waals surface area contributed by atoms with Crippen LogP contribution in [0.15, 0.2) is 41.3 Å². The maximum absolute atomic E-state index is 6.15. The summed E-state index contributed by atoms with van der Waals surface area (Å²) in [7, 11) is 0. The van der Waals surface area contributed by atoms with Crippen LogP contribution >= 0.6 is 11.8 Å². The highest BCUT2D eigenvalue weighted by Crippen LogP contribution is 2.39. The Morgan fingerprint density at radius 1 is 1.10 bits per heavy atom. The number of rotatable bonds is 3. The first-order valence-electron chi connectivity index (χ1n) is 7.07. The molecule has 0 spiro atoms. The first-order chi connectivity index (χ1) is 9.65. The van der Waals surface area contributed by atoms with Crippen LogP contribution in [0.5, 0.6) is 5.75 Å². The van der Waals surface area contributed by atoms with Gasteiger partial charge in [0.05, 0.1) is 6.61 Å². The van der Waals surface area contributed by atoms with E-state index in [0.29, 0.717) is 5.92 Å². The lowest BCUT2D eigenvalue weighted by molar-refractivity contribution is 0.294. The van der Waals surface area contributed by atoms with Crippen molar-refractivity contribution in [2.45, 2.75) is 31.6 Å². The summed E-state index contributed by atoms with van der Waals surface area (Å²) in [4.78, 5) is 1.42. The quantitative estimate of drug-likeness (QED) is 0.794. The van der Waals surface area contributed by atoms with Crippen molar-refractivity contribution in [3.63, 3.8) is 0 Å². The lowest BCUT2D eigenvalue weighted by Crippen LogP contribution is -2.11. The van der Waals surface area contributed by atoms with Gasteiger partial charge in [-0.2, -0.15) is 0 Å². The van der Waals surface area contributed by atoms with E-state index >= 15 is 0 Å². The summed E-state index contributed by atoms with van der Waals surface area (Å²) in [6, 6.07) is 13.1. The van der Waals surface area contributed by atoms with Crippen molar-refractivity contribution in [2.75, 3.05) is 12.4 Å². The third-order valence-electron chi connectivity index (χ3n) is 3.83. The summed E-state index contributed by atoms with van der Waals surface area (Å²) in [5.74, 6) is 2.70. The summed E-state index contributed by atoms with van der Waals surface area (Å²) in [6.45, 7) is 7.17. The lowest BCUT2D eigenvalue weighted by atomic mass is 10.0. The van der Waals surface area contributed by atoms with E-state index in [2.05, 4.69) is 57.2 Å². The van der Waals surface area contributed by atoms with E-state index in [1.165, 1.54) is 27.1 Å². The second kappa shape index (κ2) is 5.53.